The second-order valence-electron chi connectivity index (χ2n) is 4.12. The molecule has 1 aromatic carbocycles. The van der Waals surface area contributed by atoms with Gasteiger partial charge in [0.05, 0.1) is 18.8 Å². The van der Waals surface area contributed by atoms with E-state index in [1.165, 1.54) is 4.90 Å². The minimum absolute atomic E-state index is 0.156. The molecule has 1 aromatic rings. The molecule has 0 saturated heterocycles. The van der Waals surface area contributed by atoms with Crippen LogP contribution in [0.25, 0.3) is 0 Å². The second-order valence-corrected chi connectivity index (χ2v) is 4.97. The summed E-state index contributed by atoms with van der Waals surface area (Å²) in [5, 5.41) is 13.0. The van der Waals surface area contributed by atoms with E-state index in [1.807, 2.05) is 38.3 Å². The first-order chi connectivity index (χ1) is 8.13. The minimum Gasteiger partial charge on any atom is -0.389 e. The number of para-hydroxylation sites is 1. The summed E-state index contributed by atoms with van der Waals surface area (Å²) in [6, 6.07) is 8.07. The van der Waals surface area contributed by atoms with E-state index in [0.29, 0.717) is 13.2 Å². The molecule has 4 heteroatoms. The van der Waals surface area contributed by atoms with Crippen molar-refractivity contribution in [3.05, 3.63) is 24.3 Å². The van der Waals surface area contributed by atoms with Gasteiger partial charge in [0.2, 0.25) is 0 Å². The molecule has 0 aliphatic rings. The fourth-order valence-electron chi connectivity index (χ4n) is 1.38. The molecule has 0 saturated carbocycles. The molecule has 0 fully saturated rings. The lowest BCUT2D eigenvalue weighted by atomic mass is 10.3. The largest absolute Gasteiger partial charge is 0.389 e. The second kappa shape index (κ2) is 7.58. The number of aliphatic hydroxyl groups excluding tert-OH is 1. The zero-order chi connectivity index (χ0) is 12.7. The number of ether oxygens (including phenoxy) is 1. The van der Waals surface area contributed by atoms with Gasteiger partial charge in [-0.2, -0.15) is 0 Å². The topological polar surface area (TPSA) is 41.5 Å². The fraction of sp³-hybridized carbons (Fsp3) is 0.538. The van der Waals surface area contributed by atoms with Crippen LogP contribution in [-0.2, 0) is 4.74 Å². The number of hydrogen-bond donors (Lipinski definition) is 2. The molecule has 17 heavy (non-hydrogen) atoms. The number of benzene rings is 1. The molecule has 1 rings (SSSR count). The van der Waals surface area contributed by atoms with Gasteiger partial charge in [0.1, 0.15) is 0 Å². The number of anilines is 1. The maximum atomic E-state index is 9.73. The summed E-state index contributed by atoms with van der Waals surface area (Å²) in [6.45, 7) is 4.79. The average Bonchev–Trinajstić information content (AvgIpc) is 2.34. The summed E-state index contributed by atoms with van der Waals surface area (Å²) < 4.78 is 5.35. The van der Waals surface area contributed by atoms with Crippen molar-refractivity contribution in [2.45, 2.75) is 31.0 Å². The van der Waals surface area contributed by atoms with Gasteiger partial charge >= 0.3 is 0 Å². The maximum Gasteiger partial charge on any atom is 0.0945 e. The van der Waals surface area contributed by atoms with Crippen LogP contribution in [0.5, 0.6) is 0 Å². The van der Waals surface area contributed by atoms with E-state index in [1.54, 1.807) is 11.8 Å². The van der Waals surface area contributed by atoms with E-state index < -0.39 is 6.10 Å². The third-order valence-electron chi connectivity index (χ3n) is 2.26. The number of thioether (sulfide) groups is 1. The lowest BCUT2D eigenvalue weighted by Gasteiger charge is -2.16. The standard InChI is InChI=1S/C13H21NO2S/c1-10(2)16-9-11(15)8-14-12-6-4-5-7-13(12)17-3/h4-7,10-11,14-15H,8-9H2,1-3H3. The highest BCUT2D eigenvalue weighted by molar-refractivity contribution is 7.98. The Balaban J connectivity index is 2.39. The molecule has 0 spiro atoms. The van der Waals surface area contributed by atoms with E-state index in [4.69, 9.17) is 4.74 Å². The molecule has 2 N–H and O–H groups in total. The summed E-state index contributed by atoms with van der Waals surface area (Å²) in [6.07, 6.45) is 1.72. The predicted octanol–water partition coefficient (Wildman–Crippen LogP) is 2.61. The van der Waals surface area contributed by atoms with Gasteiger partial charge in [-0.3, -0.25) is 0 Å². The van der Waals surface area contributed by atoms with Crippen LogP contribution in [0.2, 0.25) is 0 Å². The quantitative estimate of drug-likeness (QED) is 0.735. The van der Waals surface area contributed by atoms with Gasteiger partial charge in [0.25, 0.3) is 0 Å². The molecule has 1 atom stereocenters. The first-order valence-electron chi connectivity index (χ1n) is 5.80. The van der Waals surface area contributed by atoms with E-state index in [-0.39, 0.29) is 6.10 Å². The van der Waals surface area contributed by atoms with Crippen LogP contribution in [0.15, 0.2) is 29.2 Å². The summed E-state index contributed by atoms with van der Waals surface area (Å²) in [7, 11) is 0. The van der Waals surface area contributed by atoms with Crippen molar-refractivity contribution in [1.29, 1.82) is 0 Å². The van der Waals surface area contributed by atoms with Crippen LogP contribution < -0.4 is 5.32 Å². The number of rotatable bonds is 7. The molecule has 0 amide bonds. The molecule has 96 valence electrons. The average molecular weight is 255 g/mol. The van der Waals surface area contributed by atoms with Crippen molar-refractivity contribution in [2.24, 2.45) is 0 Å². The zero-order valence-electron chi connectivity index (χ0n) is 10.6. The predicted molar refractivity (Wildman–Crippen MR) is 73.8 cm³/mol. The molecular weight excluding hydrogens is 234 g/mol. The van der Waals surface area contributed by atoms with E-state index in [2.05, 4.69) is 11.4 Å². The zero-order valence-corrected chi connectivity index (χ0v) is 11.5. The van der Waals surface area contributed by atoms with Crippen LogP contribution in [0.1, 0.15) is 13.8 Å². The molecule has 0 aliphatic carbocycles. The number of aliphatic hydroxyl groups is 1. The summed E-state index contributed by atoms with van der Waals surface area (Å²) >= 11 is 1.69. The van der Waals surface area contributed by atoms with Crippen molar-refractivity contribution in [3.8, 4) is 0 Å². The molecule has 1 unspecified atom stereocenters. The summed E-state index contributed by atoms with van der Waals surface area (Å²) in [4.78, 5) is 1.18. The van der Waals surface area contributed by atoms with Crippen LogP contribution in [0, 0.1) is 0 Å². The Bertz CT molecular complexity index is 331. The van der Waals surface area contributed by atoms with Crippen molar-refractivity contribution in [1.82, 2.24) is 0 Å². The third kappa shape index (κ3) is 5.44. The fourth-order valence-corrected chi connectivity index (χ4v) is 1.96. The first-order valence-corrected chi connectivity index (χ1v) is 7.02. The smallest absolute Gasteiger partial charge is 0.0945 e. The SMILES string of the molecule is CSc1ccccc1NCC(O)COC(C)C. The lowest BCUT2D eigenvalue weighted by Crippen LogP contribution is -2.26. The highest BCUT2D eigenvalue weighted by atomic mass is 32.2. The van der Waals surface area contributed by atoms with Gasteiger partial charge in [0, 0.05) is 17.1 Å². The summed E-state index contributed by atoms with van der Waals surface area (Å²) in [5.41, 5.74) is 1.06. The van der Waals surface area contributed by atoms with Crippen molar-refractivity contribution < 1.29 is 9.84 Å². The number of nitrogens with one attached hydrogen (secondary N) is 1. The number of hydrogen-bond acceptors (Lipinski definition) is 4. The molecule has 0 aromatic heterocycles. The Morgan fingerprint density at radius 1 is 1.35 bits per heavy atom. The Morgan fingerprint density at radius 3 is 2.71 bits per heavy atom. The van der Waals surface area contributed by atoms with E-state index in [9.17, 15) is 5.11 Å². The highest BCUT2D eigenvalue weighted by Gasteiger charge is 2.06. The summed E-state index contributed by atoms with van der Waals surface area (Å²) in [5.74, 6) is 0. The Labute approximate surface area is 108 Å². The van der Waals surface area contributed by atoms with Crippen LogP contribution in [-0.4, -0.2) is 36.7 Å². The third-order valence-corrected chi connectivity index (χ3v) is 3.05. The van der Waals surface area contributed by atoms with E-state index >= 15 is 0 Å². The monoisotopic (exact) mass is 255 g/mol. The van der Waals surface area contributed by atoms with Crippen molar-refractivity contribution in [2.75, 3.05) is 24.7 Å². The molecule has 0 bridgehead atoms. The van der Waals surface area contributed by atoms with E-state index in [0.717, 1.165) is 5.69 Å². The van der Waals surface area contributed by atoms with Gasteiger partial charge in [0.15, 0.2) is 0 Å². The maximum absolute atomic E-state index is 9.73. The lowest BCUT2D eigenvalue weighted by molar-refractivity contribution is 0.0112. The van der Waals surface area contributed by atoms with Gasteiger partial charge < -0.3 is 15.2 Å². The van der Waals surface area contributed by atoms with Crippen molar-refractivity contribution >= 4 is 17.4 Å². The first kappa shape index (κ1) is 14.4. The van der Waals surface area contributed by atoms with Gasteiger partial charge in [-0.1, -0.05) is 12.1 Å². The molecular formula is C13H21NO2S. The van der Waals surface area contributed by atoms with Crippen molar-refractivity contribution in [3.63, 3.8) is 0 Å². The highest BCUT2D eigenvalue weighted by Crippen LogP contribution is 2.24. The van der Waals surface area contributed by atoms with Gasteiger partial charge in [-0.25, -0.2) is 0 Å². The molecule has 0 aliphatic heterocycles. The van der Waals surface area contributed by atoms with Crippen LogP contribution in [0.3, 0.4) is 0 Å². The van der Waals surface area contributed by atoms with Crippen LogP contribution in [0.4, 0.5) is 5.69 Å². The normalized spacial score (nSPS) is 12.8. The Morgan fingerprint density at radius 2 is 2.06 bits per heavy atom. The molecule has 0 heterocycles. The van der Waals surface area contributed by atoms with Gasteiger partial charge in [-0.05, 0) is 32.2 Å². The molecule has 3 nitrogen and oxygen atoms in total. The van der Waals surface area contributed by atoms with Gasteiger partial charge in [-0.15, -0.1) is 11.8 Å². The minimum atomic E-state index is -0.479. The Hall–Kier alpha value is -0.710. The molecule has 0 radical (unpaired) electrons. The van der Waals surface area contributed by atoms with Crippen LogP contribution >= 0.6 is 11.8 Å². The Kier molecular flexibility index (Phi) is 6.40.